The molecule has 0 saturated heterocycles. The first-order valence-electron chi connectivity index (χ1n) is 8.50. The molecule has 1 atom stereocenters. The van der Waals surface area contributed by atoms with Crippen LogP contribution in [0.5, 0.6) is 0 Å². The maximum absolute atomic E-state index is 12.5. The predicted molar refractivity (Wildman–Crippen MR) is 112 cm³/mol. The summed E-state index contributed by atoms with van der Waals surface area (Å²) in [5.74, 6) is -0.0709. The van der Waals surface area contributed by atoms with Crippen molar-refractivity contribution < 1.29 is 14.0 Å². The average molecular weight is 457 g/mol. The van der Waals surface area contributed by atoms with E-state index in [0.717, 1.165) is 4.47 Å². The first kappa shape index (κ1) is 20.2. The normalized spacial score (nSPS) is 16.6. The minimum Gasteiger partial charge on any atom is -0.468 e. The number of halogens is 1. The number of dihydropyridines is 1. The highest BCUT2D eigenvalue weighted by Crippen LogP contribution is 2.41. The minimum atomic E-state index is -0.581. The summed E-state index contributed by atoms with van der Waals surface area (Å²) in [4.78, 5) is 24.8. The molecule has 1 aliphatic heterocycles. The molecule has 2 aromatic rings. The van der Waals surface area contributed by atoms with Crippen LogP contribution in [0.4, 0.5) is 0 Å². The fraction of sp³-hybridized carbons (Fsp3) is 0.190. The number of benzene rings is 1. The lowest BCUT2D eigenvalue weighted by molar-refractivity contribution is -0.113. The van der Waals surface area contributed by atoms with Crippen molar-refractivity contribution in [2.24, 2.45) is 0 Å². The molecule has 1 aliphatic rings. The summed E-state index contributed by atoms with van der Waals surface area (Å²) in [7, 11) is 0. The van der Waals surface area contributed by atoms with Gasteiger partial charge in [-0.05, 0) is 38.1 Å². The van der Waals surface area contributed by atoms with Crippen LogP contribution in [0, 0.1) is 11.3 Å². The number of nitrogens with zero attached hydrogens (tertiary/aromatic N) is 1. The number of ketones is 2. The maximum Gasteiger partial charge on any atom is 0.173 e. The molecule has 7 heteroatoms. The number of furan rings is 1. The molecule has 0 bridgehead atoms. The van der Waals surface area contributed by atoms with Gasteiger partial charge in [-0.25, -0.2) is 0 Å². The van der Waals surface area contributed by atoms with Gasteiger partial charge in [-0.3, -0.25) is 9.59 Å². The standard InChI is InChI=1S/C21H17BrN2O3S/c1-12-19(13(2)25)20(18-7-4-8-27-18)16(10-23)21(24-12)28-11-17(26)14-5-3-6-15(22)9-14/h3-9,20,24H,11H2,1-2H3. The van der Waals surface area contributed by atoms with E-state index in [-0.39, 0.29) is 17.3 Å². The Labute approximate surface area is 175 Å². The number of rotatable bonds is 6. The van der Waals surface area contributed by atoms with Crippen molar-refractivity contribution >= 4 is 39.3 Å². The fourth-order valence-electron chi connectivity index (χ4n) is 3.12. The molecule has 1 unspecified atom stereocenters. The second-order valence-corrected chi connectivity index (χ2v) is 8.15. The molecule has 0 aliphatic carbocycles. The number of carbonyl (C=O) groups is 2. The highest BCUT2D eigenvalue weighted by Gasteiger charge is 2.34. The molecular formula is C21H17BrN2O3S. The van der Waals surface area contributed by atoms with Gasteiger partial charge >= 0.3 is 0 Å². The van der Waals surface area contributed by atoms with Crippen molar-refractivity contribution in [3.8, 4) is 6.07 Å². The number of carbonyl (C=O) groups excluding carboxylic acids is 2. The van der Waals surface area contributed by atoms with E-state index in [0.29, 0.717) is 33.2 Å². The Kier molecular flexibility index (Phi) is 6.22. The van der Waals surface area contributed by atoms with Crippen molar-refractivity contribution in [1.29, 1.82) is 5.26 Å². The van der Waals surface area contributed by atoms with Crippen LogP contribution in [0.15, 0.2) is 73.4 Å². The maximum atomic E-state index is 12.5. The van der Waals surface area contributed by atoms with Gasteiger partial charge in [0.2, 0.25) is 0 Å². The van der Waals surface area contributed by atoms with Gasteiger partial charge in [0, 0.05) is 21.3 Å². The summed E-state index contributed by atoms with van der Waals surface area (Å²) in [6, 6.07) is 12.9. The van der Waals surface area contributed by atoms with E-state index in [9.17, 15) is 14.9 Å². The number of nitriles is 1. The van der Waals surface area contributed by atoms with Crippen LogP contribution >= 0.6 is 27.7 Å². The summed E-state index contributed by atoms with van der Waals surface area (Å²) in [5.41, 5.74) is 2.12. The van der Waals surface area contributed by atoms with E-state index in [4.69, 9.17) is 4.42 Å². The Hall–Kier alpha value is -2.56. The number of allylic oxidation sites excluding steroid dienone is 3. The molecule has 1 aromatic carbocycles. The summed E-state index contributed by atoms with van der Waals surface area (Å²) in [6.07, 6.45) is 1.52. The third-order valence-electron chi connectivity index (χ3n) is 4.35. The monoisotopic (exact) mass is 456 g/mol. The van der Waals surface area contributed by atoms with Crippen LogP contribution in [-0.2, 0) is 4.79 Å². The number of hydrogen-bond donors (Lipinski definition) is 1. The molecule has 1 aromatic heterocycles. The first-order chi connectivity index (χ1) is 13.4. The van der Waals surface area contributed by atoms with E-state index in [2.05, 4.69) is 27.3 Å². The first-order valence-corrected chi connectivity index (χ1v) is 10.3. The second-order valence-electron chi connectivity index (χ2n) is 6.25. The van der Waals surface area contributed by atoms with Gasteiger partial charge in [-0.15, -0.1) is 0 Å². The molecule has 2 heterocycles. The van der Waals surface area contributed by atoms with Gasteiger partial charge in [0.25, 0.3) is 0 Å². The summed E-state index contributed by atoms with van der Waals surface area (Å²) < 4.78 is 6.34. The molecule has 0 fully saturated rings. The summed E-state index contributed by atoms with van der Waals surface area (Å²) >= 11 is 4.62. The van der Waals surface area contributed by atoms with Crippen molar-refractivity contribution in [2.45, 2.75) is 19.8 Å². The Morgan fingerprint density at radius 2 is 2.11 bits per heavy atom. The number of hydrogen-bond acceptors (Lipinski definition) is 6. The van der Waals surface area contributed by atoms with Crippen LogP contribution in [0.3, 0.4) is 0 Å². The highest BCUT2D eigenvalue weighted by molar-refractivity contribution is 9.10. The largest absolute Gasteiger partial charge is 0.468 e. The van der Waals surface area contributed by atoms with Gasteiger partial charge in [-0.1, -0.05) is 39.8 Å². The van der Waals surface area contributed by atoms with Crippen LogP contribution in [0.2, 0.25) is 0 Å². The van der Waals surface area contributed by atoms with E-state index in [1.165, 1.54) is 24.9 Å². The van der Waals surface area contributed by atoms with E-state index in [1.54, 1.807) is 37.3 Å². The molecule has 0 radical (unpaired) electrons. The van der Waals surface area contributed by atoms with E-state index < -0.39 is 5.92 Å². The van der Waals surface area contributed by atoms with Crippen molar-refractivity contribution in [3.05, 3.63) is 80.3 Å². The lowest BCUT2D eigenvalue weighted by Crippen LogP contribution is -2.27. The zero-order valence-electron chi connectivity index (χ0n) is 15.3. The molecule has 142 valence electrons. The Morgan fingerprint density at radius 3 is 2.71 bits per heavy atom. The lowest BCUT2D eigenvalue weighted by atomic mass is 9.84. The lowest BCUT2D eigenvalue weighted by Gasteiger charge is -2.27. The SMILES string of the molecule is CC(=O)C1=C(C)NC(SCC(=O)c2cccc(Br)c2)=C(C#N)C1c1ccco1. The topological polar surface area (TPSA) is 83.1 Å². The summed E-state index contributed by atoms with van der Waals surface area (Å²) in [6.45, 7) is 3.26. The van der Waals surface area contributed by atoms with Gasteiger partial charge < -0.3 is 9.73 Å². The van der Waals surface area contributed by atoms with Crippen molar-refractivity contribution in [1.82, 2.24) is 5.32 Å². The average Bonchev–Trinajstić information content (AvgIpc) is 3.19. The zero-order valence-corrected chi connectivity index (χ0v) is 17.7. The van der Waals surface area contributed by atoms with Crippen LogP contribution in [0.1, 0.15) is 35.9 Å². The van der Waals surface area contributed by atoms with Crippen molar-refractivity contribution in [3.63, 3.8) is 0 Å². The van der Waals surface area contributed by atoms with Gasteiger partial charge in [0.1, 0.15) is 5.76 Å². The third kappa shape index (κ3) is 4.13. The third-order valence-corrected chi connectivity index (χ3v) is 5.86. The van der Waals surface area contributed by atoms with Gasteiger partial charge in [0.15, 0.2) is 11.6 Å². The molecule has 0 spiro atoms. The Bertz CT molecular complexity index is 1030. The quantitative estimate of drug-likeness (QED) is 0.619. The minimum absolute atomic E-state index is 0.0496. The molecule has 0 amide bonds. The van der Waals surface area contributed by atoms with E-state index in [1.807, 2.05) is 6.07 Å². The second kappa shape index (κ2) is 8.63. The molecule has 28 heavy (non-hydrogen) atoms. The molecular weight excluding hydrogens is 440 g/mol. The summed E-state index contributed by atoms with van der Waals surface area (Å²) in [5, 5.41) is 13.5. The fourth-order valence-corrected chi connectivity index (χ4v) is 4.50. The molecule has 3 rings (SSSR count). The van der Waals surface area contributed by atoms with Gasteiger partial charge in [0.05, 0.1) is 34.6 Å². The van der Waals surface area contributed by atoms with Crippen LogP contribution < -0.4 is 5.32 Å². The number of Topliss-reactive ketones (excluding diaryl/α,β-unsaturated/α-hetero) is 2. The van der Waals surface area contributed by atoms with Crippen molar-refractivity contribution in [2.75, 3.05) is 5.75 Å². The zero-order chi connectivity index (χ0) is 20.3. The number of thioether (sulfide) groups is 1. The van der Waals surface area contributed by atoms with Gasteiger partial charge in [-0.2, -0.15) is 5.26 Å². The van der Waals surface area contributed by atoms with E-state index >= 15 is 0 Å². The van der Waals surface area contributed by atoms with Crippen LogP contribution in [-0.4, -0.2) is 17.3 Å². The molecule has 5 nitrogen and oxygen atoms in total. The Morgan fingerprint density at radius 1 is 1.32 bits per heavy atom. The number of nitrogens with one attached hydrogen (secondary N) is 1. The smallest absolute Gasteiger partial charge is 0.173 e. The van der Waals surface area contributed by atoms with Crippen LogP contribution in [0.25, 0.3) is 0 Å². The Balaban J connectivity index is 1.91. The predicted octanol–water partition coefficient (Wildman–Crippen LogP) is 4.94. The highest BCUT2D eigenvalue weighted by atomic mass is 79.9. The molecule has 0 saturated carbocycles. The molecule has 1 N–H and O–H groups in total.